The van der Waals surface area contributed by atoms with E-state index in [0.717, 1.165) is 19.4 Å². The summed E-state index contributed by atoms with van der Waals surface area (Å²) >= 11 is 0. The minimum absolute atomic E-state index is 0.129. The third-order valence-electron chi connectivity index (χ3n) is 3.39. The van der Waals surface area contributed by atoms with Crippen LogP contribution in [0.3, 0.4) is 0 Å². The molecule has 0 saturated carbocycles. The lowest BCUT2D eigenvalue weighted by Crippen LogP contribution is -2.47. The van der Waals surface area contributed by atoms with Crippen molar-refractivity contribution in [3.05, 3.63) is 11.8 Å². The van der Waals surface area contributed by atoms with E-state index in [0.29, 0.717) is 17.6 Å². The van der Waals surface area contributed by atoms with Crippen molar-refractivity contribution in [2.75, 3.05) is 19.3 Å². The monoisotopic (exact) mass is 237 g/mol. The molecule has 17 heavy (non-hydrogen) atoms. The number of nitrogens with one attached hydrogen (secondary N) is 2. The fraction of sp³-hybridized carbons (Fsp3) is 0.636. The van der Waals surface area contributed by atoms with Gasteiger partial charge in [-0.3, -0.25) is 9.89 Å². The number of aromatic amines is 1. The Hall–Kier alpha value is -1.56. The summed E-state index contributed by atoms with van der Waals surface area (Å²) in [6, 6.07) is 2.28. The van der Waals surface area contributed by atoms with Crippen molar-refractivity contribution in [2.24, 2.45) is 0 Å². The highest BCUT2D eigenvalue weighted by Gasteiger charge is 2.24. The van der Waals surface area contributed by atoms with E-state index >= 15 is 0 Å². The molecule has 0 spiro atoms. The molecule has 0 aliphatic carbocycles. The summed E-state index contributed by atoms with van der Waals surface area (Å²) in [6.45, 7) is 3.18. The lowest BCUT2D eigenvalue weighted by molar-refractivity contribution is 0.0891. The van der Waals surface area contributed by atoms with E-state index in [1.165, 1.54) is 0 Å². The first-order chi connectivity index (χ1) is 8.06. The zero-order valence-electron chi connectivity index (χ0n) is 10.2. The molecule has 2 atom stereocenters. The topological polar surface area (TPSA) is 87.0 Å². The molecule has 1 aliphatic heterocycles. The Morgan fingerprint density at radius 2 is 2.47 bits per heavy atom. The van der Waals surface area contributed by atoms with Gasteiger partial charge in [-0.1, -0.05) is 0 Å². The molecule has 6 heteroatoms. The number of rotatable bonds is 2. The number of likely N-dealkylation sites (tertiary alicyclic amines) is 1. The van der Waals surface area contributed by atoms with Gasteiger partial charge < -0.3 is 16.0 Å². The van der Waals surface area contributed by atoms with Gasteiger partial charge in [-0.05, 0) is 26.8 Å². The van der Waals surface area contributed by atoms with E-state index in [1.54, 1.807) is 6.07 Å². The Balaban J connectivity index is 1.91. The van der Waals surface area contributed by atoms with Crippen molar-refractivity contribution in [3.8, 4) is 0 Å². The maximum Gasteiger partial charge on any atom is 0.269 e. The van der Waals surface area contributed by atoms with Crippen molar-refractivity contribution in [3.63, 3.8) is 0 Å². The van der Waals surface area contributed by atoms with E-state index < -0.39 is 0 Å². The van der Waals surface area contributed by atoms with Crippen LogP contribution < -0.4 is 11.1 Å². The average Bonchev–Trinajstić information content (AvgIpc) is 2.70. The highest BCUT2D eigenvalue weighted by molar-refractivity contribution is 5.93. The summed E-state index contributed by atoms with van der Waals surface area (Å²) in [5.74, 6) is 0.211. The lowest BCUT2D eigenvalue weighted by atomic mass is 9.99. The molecular formula is C11H19N5O. The molecule has 1 aromatic heterocycles. The predicted molar refractivity (Wildman–Crippen MR) is 65.6 cm³/mol. The number of amides is 1. The van der Waals surface area contributed by atoms with Gasteiger partial charge in [0.1, 0.15) is 11.5 Å². The number of hydrogen-bond donors (Lipinski definition) is 3. The molecule has 1 saturated heterocycles. The molecule has 4 N–H and O–H groups in total. The number of nitrogens with two attached hydrogens (primary N) is 1. The highest BCUT2D eigenvalue weighted by atomic mass is 16.2. The van der Waals surface area contributed by atoms with Gasteiger partial charge >= 0.3 is 0 Å². The second kappa shape index (κ2) is 4.75. The molecular weight excluding hydrogens is 218 g/mol. The predicted octanol–water partition coefficient (Wildman–Crippen LogP) is 0.204. The van der Waals surface area contributed by atoms with Gasteiger partial charge in [0.25, 0.3) is 5.91 Å². The molecule has 0 bridgehead atoms. The van der Waals surface area contributed by atoms with Crippen LogP contribution >= 0.6 is 0 Å². The van der Waals surface area contributed by atoms with Gasteiger partial charge in [-0.15, -0.1) is 0 Å². The first kappa shape index (κ1) is 11.9. The molecule has 1 fully saturated rings. The standard InChI is InChI=1S/C11H19N5O/c1-7-5-8(3-4-16(7)2)13-11(17)9-6-10(12)15-14-9/h6-8H,3-5H2,1-2H3,(H,13,17)(H3,12,14,15). The Morgan fingerprint density at radius 1 is 1.71 bits per heavy atom. The van der Waals surface area contributed by atoms with Crippen LogP contribution in [0.25, 0.3) is 0 Å². The SMILES string of the molecule is CC1CC(NC(=O)c2cc(N)n[nH]2)CCN1C. The molecule has 1 amide bonds. The van der Waals surface area contributed by atoms with Crippen LogP contribution in [-0.2, 0) is 0 Å². The maximum atomic E-state index is 11.9. The molecule has 0 radical (unpaired) electrons. The number of aromatic nitrogens is 2. The largest absolute Gasteiger partial charge is 0.382 e. The summed E-state index contributed by atoms with van der Waals surface area (Å²) < 4.78 is 0. The van der Waals surface area contributed by atoms with Crippen LogP contribution in [-0.4, -0.2) is 46.7 Å². The Labute approximate surface area is 101 Å². The van der Waals surface area contributed by atoms with E-state index in [2.05, 4.69) is 34.4 Å². The second-order valence-electron chi connectivity index (χ2n) is 4.73. The van der Waals surface area contributed by atoms with E-state index in [-0.39, 0.29) is 11.9 Å². The first-order valence-corrected chi connectivity index (χ1v) is 5.88. The minimum atomic E-state index is -0.129. The fourth-order valence-electron chi connectivity index (χ4n) is 2.14. The minimum Gasteiger partial charge on any atom is -0.382 e. The summed E-state index contributed by atoms with van der Waals surface area (Å²) in [5.41, 5.74) is 5.89. The summed E-state index contributed by atoms with van der Waals surface area (Å²) in [5, 5.41) is 9.37. The number of nitrogens with zero attached hydrogens (tertiary/aromatic N) is 2. The van der Waals surface area contributed by atoms with Gasteiger partial charge in [0.15, 0.2) is 0 Å². The number of nitrogen functional groups attached to an aromatic ring is 1. The third-order valence-corrected chi connectivity index (χ3v) is 3.39. The van der Waals surface area contributed by atoms with Crippen LogP contribution in [0.4, 0.5) is 5.82 Å². The smallest absolute Gasteiger partial charge is 0.269 e. The van der Waals surface area contributed by atoms with Crippen LogP contribution in [0.5, 0.6) is 0 Å². The van der Waals surface area contributed by atoms with Crippen molar-refractivity contribution in [1.82, 2.24) is 20.4 Å². The maximum absolute atomic E-state index is 11.9. The van der Waals surface area contributed by atoms with Crippen molar-refractivity contribution in [2.45, 2.75) is 31.8 Å². The Bertz CT molecular complexity index is 402. The van der Waals surface area contributed by atoms with Crippen LogP contribution in [0.1, 0.15) is 30.3 Å². The Morgan fingerprint density at radius 3 is 3.06 bits per heavy atom. The number of anilines is 1. The van der Waals surface area contributed by atoms with Crippen LogP contribution in [0, 0.1) is 0 Å². The molecule has 2 rings (SSSR count). The third kappa shape index (κ3) is 2.76. The molecule has 6 nitrogen and oxygen atoms in total. The summed E-state index contributed by atoms with van der Waals surface area (Å²) in [6.07, 6.45) is 1.96. The Kier molecular flexibility index (Phi) is 3.33. The average molecular weight is 237 g/mol. The lowest BCUT2D eigenvalue weighted by Gasteiger charge is -2.35. The quantitative estimate of drug-likeness (QED) is 0.686. The number of hydrogen-bond acceptors (Lipinski definition) is 4. The van der Waals surface area contributed by atoms with E-state index in [9.17, 15) is 4.79 Å². The second-order valence-corrected chi connectivity index (χ2v) is 4.73. The van der Waals surface area contributed by atoms with Crippen molar-refractivity contribution < 1.29 is 4.79 Å². The van der Waals surface area contributed by atoms with Gasteiger partial charge in [0, 0.05) is 24.7 Å². The number of carbonyl (C=O) groups is 1. The highest BCUT2D eigenvalue weighted by Crippen LogP contribution is 2.15. The molecule has 2 unspecified atom stereocenters. The van der Waals surface area contributed by atoms with Crippen molar-refractivity contribution in [1.29, 1.82) is 0 Å². The zero-order chi connectivity index (χ0) is 12.4. The molecule has 2 heterocycles. The number of H-pyrrole nitrogens is 1. The van der Waals surface area contributed by atoms with Crippen LogP contribution in [0.2, 0.25) is 0 Å². The number of carbonyl (C=O) groups excluding carboxylic acids is 1. The van der Waals surface area contributed by atoms with Crippen molar-refractivity contribution >= 4 is 11.7 Å². The molecule has 1 aromatic rings. The van der Waals surface area contributed by atoms with E-state index in [4.69, 9.17) is 5.73 Å². The van der Waals surface area contributed by atoms with Gasteiger partial charge in [0.05, 0.1) is 0 Å². The summed E-state index contributed by atoms with van der Waals surface area (Å²) in [4.78, 5) is 14.2. The van der Waals surface area contributed by atoms with Crippen LogP contribution in [0.15, 0.2) is 6.07 Å². The zero-order valence-corrected chi connectivity index (χ0v) is 10.2. The van der Waals surface area contributed by atoms with Gasteiger partial charge in [-0.2, -0.15) is 5.10 Å². The first-order valence-electron chi connectivity index (χ1n) is 5.88. The summed E-state index contributed by atoms with van der Waals surface area (Å²) in [7, 11) is 2.11. The van der Waals surface area contributed by atoms with Gasteiger partial charge in [0.2, 0.25) is 0 Å². The number of piperidine rings is 1. The molecule has 1 aliphatic rings. The molecule has 0 aromatic carbocycles. The normalized spacial score (nSPS) is 25.8. The molecule has 94 valence electrons. The fourth-order valence-corrected chi connectivity index (χ4v) is 2.14. The van der Waals surface area contributed by atoms with Gasteiger partial charge in [-0.25, -0.2) is 0 Å². The van der Waals surface area contributed by atoms with E-state index in [1.807, 2.05) is 0 Å².